The first kappa shape index (κ1) is 19.3. The third-order valence-corrected chi connectivity index (χ3v) is 6.97. The number of hydrogen-bond acceptors (Lipinski definition) is 4. The van der Waals surface area contributed by atoms with E-state index >= 15 is 0 Å². The molecule has 0 bridgehead atoms. The number of aromatic nitrogens is 1. The van der Waals surface area contributed by atoms with Crippen LogP contribution in [0.3, 0.4) is 0 Å². The van der Waals surface area contributed by atoms with E-state index in [2.05, 4.69) is 42.3 Å². The van der Waals surface area contributed by atoms with Gasteiger partial charge in [-0.1, -0.05) is 26.0 Å². The molecular formula is C21H31N3OS. The molecule has 0 saturated carbocycles. The molecule has 5 heteroatoms. The molecule has 1 atom stereocenters. The van der Waals surface area contributed by atoms with Gasteiger partial charge in [-0.25, -0.2) is 4.98 Å². The van der Waals surface area contributed by atoms with Crippen LogP contribution in [0.1, 0.15) is 44.5 Å². The highest BCUT2D eigenvalue weighted by Crippen LogP contribution is 2.37. The van der Waals surface area contributed by atoms with Crippen molar-refractivity contribution in [3.63, 3.8) is 0 Å². The molecule has 0 spiro atoms. The third-order valence-electron chi connectivity index (χ3n) is 5.93. The lowest BCUT2D eigenvalue weighted by Gasteiger charge is -2.40. The van der Waals surface area contributed by atoms with Gasteiger partial charge >= 0.3 is 0 Å². The number of para-hydroxylation sites is 1. The molecule has 1 aromatic carbocycles. The average Bonchev–Trinajstić information content (AvgIpc) is 3.08. The summed E-state index contributed by atoms with van der Waals surface area (Å²) in [4.78, 5) is 20.5. The number of thiazole rings is 1. The Kier molecular flexibility index (Phi) is 6.30. The standard InChI is InChI=1S/C21H31N3OS/c1-4-21(5-2,13-19-23-17-10-6-7-11-18(17)26-19)20(25)24-12-8-9-16(15-24)14-22-3/h6-7,10-11,16,22H,4-5,8-9,12-15H2,1-3H3. The Morgan fingerprint density at radius 2 is 2.12 bits per heavy atom. The van der Waals surface area contributed by atoms with Crippen molar-refractivity contribution in [2.45, 2.75) is 46.0 Å². The van der Waals surface area contributed by atoms with Gasteiger partial charge in [0.2, 0.25) is 5.91 Å². The average molecular weight is 374 g/mol. The van der Waals surface area contributed by atoms with Crippen LogP contribution in [-0.2, 0) is 11.2 Å². The molecule has 3 rings (SSSR count). The maximum absolute atomic E-state index is 13.5. The molecule has 0 aliphatic carbocycles. The lowest BCUT2D eigenvalue weighted by atomic mass is 9.77. The zero-order valence-corrected chi connectivity index (χ0v) is 17.1. The van der Waals surface area contributed by atoms with Crippen molar-refractivity contribution < 1.29 is 4.79 Å². The Morgan fingerprint density at radius 3 is 2.81 bits per heavy atom. The molecule has 1 unspecified atom stereocenters. The minimum Gasteiger partial charge on any atom is -0.342 e. The molecule has 1 amide bonds. The van der Waals surface area contributed by atoms with Crippen LogP contribution in [0.15, 0.2) is 24.3 Å². The first-order chi connectivity index (χ1) is 12.6. The van der Waals surface area contributed by atoms with Crippen LogP contribution in [0.2, 0.25) is 0 Å². The minimum atomic E-state index is -0.324. The van der Waals surface area contributed by atoms with Crippen LogP contribution in [0.5, 0.6) is 0 Å². The van der Waals surface area contributed by atoms with Crippen LogP contribution in [0.4, 0.5) is 0 Å². The fraction of sp³-hybridized carbons (Fsp3) is 0.619. The highest BCUT2D eigenvalue weighted by Gasteiger charge is 2.40. The van der Waals surface area contributed by atoms with Gasteiger partial charge in [0.05, 0.1) is 20.6 Å². The molecule has 1 aromatic heterocycles. The molecule has 2 aromatic rings. The number of likely N-dealkylation sites (tertiary alicyclic amines) is 1. The SMILES string of the molecule is CCC(CC)(Cc1nc2ccccc2s1)C(=O)N1CCCC(CNC)C1. The maximum Gasteiger partial charge on any atom is 0.229 e. The van der Waals surface area contributed by atoms with Gasteiger partial charge in [-0.2, -0.15) is 0 Å². The van der Waals surface area contributed by atoms with Crippen molar-refractivity contribution in [3.05, 3.63) is 29.3 Å². The number of amides is 1. The molecule has 4 nitrogen and oxygen atoms in total. The number of nitrogens with one attached hydrogen (secondary N) is 1. The van der Waals surface area contributed by atoms with E-state index in [0.717, 1.165) is 55.8 Å². The van der Waals surface area contributed by atoms with Crippen LogP contribution in [-0.4, -0.2) is 42.5 Å². The Hall–Kier alpha value is -1.46. The van der Waals surface area contributed by atoms with Gasteiger partial charge in [0, 0.05) is 19.5 Å². The van der Waals surface area contributed by atoms with Crippen molar-refractivity contribution in [1.29, 1.82) is 0 Å². The third kappa shape index (κ3) is 3.94. The van der Waals surface area contributed by atoms with Gasteiger partial charge in [-0.15, -0.1) is 11.3 Å². The van der Waals surface area contributed by atoms with Crippen molar-refractivity contribution in [1.82, 2.24) is 15.2 Å². The van der Waals surface area contributed by atoms with Crippen LogP contribution in [0, 0.1) is 11.3 Å². The monoisotopic (exact) mass is 373 g/mol. The van der Waals surface area contributed by atoms with E-state index in [4.69, 9.17) is 4.98 Å². The first-order valence-corrected chi connectivity index (χ1v) is 10.7. The normalized spacial score (nSPS) is 18.4. The van der Waals surface area contributed by atoms with E-state index in [1.807, 2.05) is 13.1 Å². The Labute approximate surface area is 161 Å². The first-order valence-electron chi connectivity index (χ1n) is 9.90. The molecule has 1 aliphatic rings. The summed E-state index contributed by atoms with van der Waals surface area (Å²) in [6.45, 7) is 7.10. The number of hydrogen-bond donors (Lipinski definition) is 1. The predicted octanol–water partition coefficient (Wildman–Crippen LogP) is 4.10. The zero-order valence-electron chi connectivity index (χ0n) is 16.3. The predicted molar refractivity (Wildman–Crippen MR) is 110 cm³/mol. The van der Waals surface area contributed by atoms with Gasteiger partial charge in [0.25, 0.3) is 0 Å². The quantitative estimate of drug-likeness (QED) is 0.795. The zero-order chi connectivity index (χ0) is 18.6. The van der Waals surface area contributed by atoms with E-state index < -0.39 is 0 Å². The second-order valence-corrected chi connectivity index (χ2v) is 8.67. The van der Waals surface area contributed by atoms with E-state index in [0.29, 0.717) is 11.8 Å². The summed E-state index contributed by atoms with van der Waals surface area (Å²) in [6, 6.07) is 8.26. The Morgan fingerprint density at radius 1 is 1.35 bits per heavy atom. The Bertz CT molecular complexity index is 703. The number of carbonyl (C=O) groups is 1. The van der Waals surface area contributed by atoms with Crippen LogP contribution < -0.4 is 5.32 Å². The Balaban J connectivity index is 1.80. The summed E-state index contributed by atoms with van der Waals surface area (Å²) >= 11 is 1.74. The fourth-order valence-electron chi connectivity index (χ4n) is 4.20. The second-order valence-electron chi connectivity index (χ2n) is 7.56. The van der Waals surface area contributed by atoms with Gasteiger partial charge in [-0.3, -0.25) is 4.79 Å². The summed E-state index contributed by atoms with van der Waals surface area (Å²) < 4.78 is 1.21. The van der Waals surface area contributed by atoms with Crippen LogP contribution in [0.25, 0.3) is 10.2 Å². The lowest BCUT2D eigenvalue weighted by Crippen LogP contribution is -2.49. The van der Waals surface area contributed by atoms with Crippen molar-refractivity contribution in [2.75, 3.05) is 26.7 Å². The second kappa shape index (κ2) is 8.49. The van der Waals surface area contributed by atoms with E-state index in [1.165, 1.54) is 11.1 Å². The molecule has 1 saturated heterocycles. The molecule has 1 N–H and O–H groups in total. The molecule has 1 aliphatic heterocycles. The van der Waals surface area contributed by atoms with Gasteiger partial charge in [0.15, 0.2) is 0 Å². The largest absolute Gasteiger partial charge is 0.342 e. The molecule has 2 heterocycles. The highest BCUT2D eigenvalue weighted by molar-refractivity contribution is 7.18. The molecule has 1 fully saturated rings. The summed E-state index contributed by atoms with van der Waals surface area (Å²) in [7, 11) is 2.00. The number of fused-ring (bicyclic) bond motifs is 1. The highest BCUT2D eigenvalue weighted by atomic mass is 32.1. The van der Waals surface area contributed by atoms with E-state index in [1.54, 1.807) is 11.3 Å². The maximum atomic E-state index is 13.5. The topological polar surface area (TPSA) is 45.2 Å². The molecule has 142 valence electrons. The number of nitrogens with zero attached hydrogens (tertiary/aromatic N) is 2. The fourth-order valence-corrected chi connectivity index (χ4v) is 5.31. The number of piperidine rings is 1. The lowest BCUT2D eigenvalue weighted by molar-refractivity contribution is -0.144. The number of benzene rings is 1. The summed E-state index contributed by atoms with van der Waals surface area (Å²) in [5, 5.41) is 4.36. The summed E-state index contributed by atoms with van der Waals surface area (Å²) in [5.41, 5.74) is 0.725. The van der Waals surface area contributed by atoms with Crippen LogP contribution >= 0.6 is 11.3 Å². The molecule has 26 heavy (non-hydrogen) atoms. The number of carbonyl (C=O) groups excluding carboxylic acids is 1. The van der Waals surface area contributed by atoms with Crippen molar-refractivity contribution >= 4 is 27.5 Å². The van der Waals surface area contributed by atoms with Gasteiger partial charge in [-0.05, 0) is 57.3 Å². The van der Waals surface area contributed by atoms with Crippen molar-refractivity contribution in [3.8, 4) is 0 Å². The summed E-state index contributed by atoms with van der Waals surface area (Å²) in [6.07, 6.45) is 4.82. The summed E-state index contributed by atoms with van der Waals surface area (Å²) in [5.74, 6) is 0.911. The molecular weight excluding hydrogens is 342 g/mol. The van der Waals surface area contributed by atoms with E-state index in [9.17, 15) is 4.79 Å². The minimum absolute atomic E-state index is 0.324. The van der Waals surface area contributed by atoms with Crippen molar-refractivity contribution in [2.24, 2.45) is 11.3 Å². The van der Waals surface area contributed by atoms with Gasteiger partial charge in [0.1, 0.15) is 0 Å². The molecule has 0 radical (unpaired) electrons. The number of rotatable bonds is 7. The van der Waals surface area contributed by atoms with Gasteiger partial charge < -0.3 is 10.2 Å². The van der Waals surface area contributed by atoms with E-state index in [-0.39, 0.29) is 5.41 Å². The smallest absolute Gasteiger partial charge is 0.229 e.